The Morgan fingerprint density at radius 3 is 2.28 bits per heavy atom. The van der Waals surface area contributed by atoms with Crippen molar-refractivity contribution >= 4 is 23.5 Å². The Labute approximate surface area is 105 Å². The number of hydrogen-bond acceptors (Lipinski definition) is 3. The van der Waals surface area contributed by atoms with Gasteiger partial charge in [-0.2, -0.15) is 0 Å². The van der Waals surface area contributed by atoms with Crippen molar-refractivity contribution in [2.45, 2.75) is 19.8 Å². The summed E-state index contributed by atoms with van der Waals surface area (Å²) in [6.45, 7) is 2.26. The fraction of sp³-hybridized carbons (Fsp3) is 0.308. The molecule has 0 bridgehead atoms. The van der Waals surface area contributed by atoms with Gasteiger partial charge in [0.15, 0.2) is 0 Å². The van der Waals surface area contributed by atoms with Gasteiger partial charge in [-0.3, -0.25) is 14.5 Å². The zero-order valence-electron chi connectivity index (χ0n) is 10.1. The van der Waals surface area contributed by atoms with Crippen LogP contribution in [0.25, 0.3) is 0 Å². The second-order valence-electron chi connectivity index (χ2n) is 4.07. The molecule has 0 spiro atoms. The molecular weight excluding hydrogens is 232 g/mol. The number of amides is 4. The number of anilines is 1. The molecule has 5 nitrogen and oxygen atoms in total. The monoisotopic (exact) mass is 246 g/mol. The molecular formula is C13H14N2O3. The van der Waals surface area contributed by atoms with Crippen LogP contribution in [-0.4, -0.2) is 29.3 Å². The first-order valence-corrected chi connectivity index (χ1v) is 5.91. The number of benzene rings is 1. The molecule has 0 saturated carbocycles. The number of urea groups is 1. The Morgan fingerprint density at radius 2 is 1.67 bits per heavy atom. The number of unbranched alkanes of at least 4 members (excludes halogenated alkanes) is 1. The molecule has 5 heteroatoms. The second kappa shape index (κ2) is 5.00. The van der Waals surface area contributed by atoms with E-state index < -0.39 is 17.8 Å². The molecule has 18 heavy (non-hydrogen) atoms. The van der Waals surface area contributed by atoms with Crippen LogP contribution in [0.15, 0.2) is 30.3 Å². The minimum absolute atomic E-state index is 0.295. The van der Waals surface area contributed by atoms with E-state index in [1.54, 1.807) is 30.3 Å². The molecule has 1 aliphatic heterocycles. The summed E-state index contributed by atoms with van der Waals surface area (Å²) in [5, 5.41) is 0. The van der Waals surface area contributed by atoms with Crippen LogP contribution in [0.1, 0.15) is 19.8 Å². The molecule has 0 aromatic heterocycles. The summed E-state index contributed by atoms with van der Waals surface area (Å²) >= 11 is 0. The van der Waals surface area contributed by atoms with Crippen LogP contribution in [0.4, 0.5) is 10.5 Å². The lowest BCUT2D eigenvalue weighted by Gasteiger charge is -2.14. The third kappa shape index (κ3) is 1.99. The fourth-order valence-corrected chi connectivity index (χ4v) is 1.82. The maximum atomic E-state index is 12.0. The summed E-state index contributed by atoms with van der Waals surface area (Å²) in [7, 11) is 0. The van der Waals surface area contributed by atoms with E-state index in [1.165, 1.54) is 0 Å². The molecule has 0 aliphatic carbocycles. The van der Waals surface area contributed by atoms with Gasteiger partial charge in [0.2, 0.25) is 0 Å². The maximum Gasteiger partial charge on any atom is 0.338 e. The molecule has 0 unspecified atom stereocenters. The summed E-state index contributed by atoms with van der Waals surface area (Å²) in [6.07, 6.45) is 1.56. The molecule has 4 amide bonds. The lowest BCUT2D eigenvalue weighted by Crippen LogP contribution is -2.33. The van der Waals surface area contributed by atoms with E-state index >= 15 is 0 Å². The Kier molecular flexibility index (Phi) is 3.41. The summed E-state index contributed by atoms with van der Waals surface area (Å²) in [6, 6.07) is 7.93. The first-order chi connectivity index (χ1) is 8.66. The minimum Gasteiger partial charge on any atom is -0.263 e. The summed E-state index contributed by atoms with van der Waals surface area (Å²) in [5.74, 6) is -1.51. The van der Waals surface area contributed by atoms with Crippen molar-refractivity contribution in [3.8, 4) is 0 Å². The average Bonchev–Trinajstić information content (AvgIpc) is 2.60. The lowest BCUT2D eigenvalue weighted by molar-refractivity contribution is -0.139. The maximum absolute atomic E-state index is 12.0. The predicted octanol–water partition coefficient (Wildman–Crippen LogP) is 1.78. The van der Waals surface area contributed by atoms with Crippen molar-refractivity contribution < 1.29 is 14.4 Å². The smallest absolute Gasteiger partial charge is 0.263 e. The van der Waals surface area contributed by atoms with Crippen LogP contribution < -0.4 is 4.90 Å². The molecule has 1 fully saturated rings. The Morgan fingerprint density at radius 1 is 1.00 bits per heavy atom. The van der Waals surface area contributed by atoms with Gasteiger partial charge in [-0.05, 0) is 18.6 Å². The SMILES string of the molecule is CCCCN1C(=O)C(=O)N(c2ccccc2)C1=O. The van der Waals surface area contributed by atoms with Gasteiger partial charge in [-0.1, -0.05) is 31.5 Å². The first kappa shape index (κ1) is 12.3. The van der Waals surface area contributed by atoms with E-state index in [1.807, 2.05) is 6.92 Å². The molecule has 0 atom stereocenters. The van der Waals surface area contributed by atoms with Gasteiger partial charge >= 0.3 is 17.8 Å². The zero-order valence-corrected chi connectivity index (χ0v) is 10.1. The first-order valence-electron chi connectivity index (χ1n) is 5.91. The van der Waals surface area contributed by atoms with Crippen molar-refractivity contribution in [1.82, 2.24) is 4.90 Å². The van der Waals surface area contributed by atoms with Crippen LogP contribution in [0.5, 0.6) is 0 Å². The van der Waals surface area contributed by atoms with Crippen molar-refractivity contribution in [1.29, 1.82) is 0 Å². The average molecular weight is 246 g/mol. The van der Waals surface area contributed by atoms with Gasteiger partial charge in [0.05, 0.1) is 5.69 Å². The third-order valence-corrected chi connectivity index (χ3v) is 2.80. The van der Waals surface area contributed by atoms with E-state index in [2.05, 4.69) is 0 Å². The summed E-state index contributed by atoms with van der Waals surface area (Å²) in [4.78, 5) is 37.5. The largest absolute Gasteiger partial charge is 0.338 e. The van der Waals surface area contributed by atoms with Crippen LogP contribution in [0.3, 0.4) is 0 Å². The van der Waals surface area contributed by atoms with E-state index in [0.717, 1.165) is 16.2 Å². The van der Waals surface area contributed by atoms with E-state index in [0.29, 0.717) is 18.7 Å². The molecule has 0 N–H and O–H groups in total. The summed E-state index contributed by atoms with van der Waals surface area (Å²) in [5.41, 5.74) is 0.430. The van der Waals surface area contributed by atoms with E-state index in [-0.39, 0.29) is 0 Å². The normalized spacial score (nSPS) is 15.7. The molecule has 2 rings (SSSR count). The topological polar surface area (TPSA) is 57.7 Å². The van der Waals surface area contributed by atoms with Crippen LogP contribution in [0, 0.1) is 0 Å². The van der Waals surface area contributed by atoms with Gasteiger partial charge in [0.1, 0.15) is 0 Å². The molecule has 1 heterocycles. The highest BCUT2D eigenvalue weighted by atomic mass is 16.2. The standard InChI is InChI=1S/C13H14N2O3/c1-2-3-9-14-11(16)12(17)15(13(14)18)10-7-5-4-6-8-10/h4-8H,2-3,9H2,1H3. The zero-order chi connectivity index (χ0) is 13.1. The van der Waals surface area contributed by atoms with Crippen LogP contribution in [-0.2, 0) is 9.59 Å². The van der Waals surface area contributed by atoms with Crippen molar-refractivity contribution in [2.75, 3.05) is 11.4 Å². The summed E-state index contributed by atoms with van der Waals surface area (Å²) < 4.78 is 0. The fourth-order valence-electron chi connectivity index (χ4n) is 1.82. The molecule has 0 radical (unpaired) electrons. The van der Waals surface area contributed by atoms with E-state index in [9.17, 15) is 14.4 Å². The number of hydrogen-bond donors (Lipinski definition) is 0. The van der Waals surface area contributed by atoms with Gasteiger partial charge in [0, 0.05) is 6.54 Å². The van der Waals surface area contributed by atoms with Gasteiger partial charge < -0.3 is 0 Å². The molecule has 1 aromatic carbocycles. The molecule has 94 valence electrons. The van der Waals surface area contributed by atoms with Gasteiger partial charge in [-0.15, -0.1) is 0 Å². The van der Waals surface area contributed by atoms with E-state index in [4.69, 9.17) is 0 Å². The van der Waals surface area contributed by atoms with Crippen LogP contribution in [0.2, 0.25) is 0 Å². The van der Waals surface area contributed by atoms with Crippen molar-refractivity contribution in [2.24, 2.45) is 0 Å². The lowest BCUT2D eigenvalue weighted by atomic mass is 10.3. The van der Waals surface area contributed by atoms with Crippen molar-refractivity contribution in [3.05, 3.63) is 30.3 Å². The van der Waals surface area contributed by atoms with Crippen molar-refractivity contribution in [3.63, 3.8) is 0 Å². The Bertz CT molecular complexity index is 484. The minimum atomic E-state index is -0.776. The predicted molar refractivity (Wildman–Crippen MR) is 65.9 cm³/mol. The van der Waals surface area contributed by atoms with Gasteiger partial charge in [0.25, 0.3) is 0 Å². The number of para-hydroxylation sites is 1. The highest BCUT2D eigenvalue weighted by molar-refractivity contribution is 6.52. The second-order valence-corrected chi connectivity index (χ2v) is 4.07. The number of carbonyl (C=O) groups is 3. The quantitative estimate of drug-likeness (QED) is 0.601. The number of carbonyl (C=O) groups excluding carboxylic acids is 3. The number of nitrogens with zero attached hydrogens (tertiary/aromatic N) is 2. The molecule has 1 aliphatic rings. The Hall–Kier alpha value is -2.17. The molecule has 1 aromatic rings. The third-order valence-electron chi connectivity index (χ3n) is 2.80. The molecule has 1 saturated heterocycles. The van der Waals surface area contributed by atoms with Crippen LogP contribution >= 0.6 is 0 Å². The number of imide groups is 2. The van der Waals surface area contributed by atoms with Gasteiger partial charge in [-0.25, -0.2) is 9.69 Å². The highest BCUT2D eigenvalue weighted by Crippen LogP contribution is 2.21. The highest BCUT2D eigenvalue weighted by Gasteiger charge is 2.44. The Balaban J connectivity index is 2.26. The number of rotatable bonds is 4.